The Labute approximate surface area is 186 Å². The number of hydrogen-bond acceptors (Lipinski definition) is 3. The normalized spacial score (nSPS) is 11.8. The Kier molecular flexibility index (Phi) is 7.20. The van der Waals surface area contributed by atoms with E-state index in [1.54, 1.807) is 37.5 Å². The van der Waals surface area contributed by atoms with E-state index in [2.05, 4.69) is 10.6 Å². The summed E-state index contributed by atoms with van der Waals surface area (Å²) in [6, 6.07) is 14.6. The van der Waals surface area contributed by atoms with Gasteiger partial charge in [-0.1, -0.05) is 42.5 Å². The number of aromatic nitrogens is 1. The maximum absolute atomic E-state index is 13.2. The predicted molar refractivity (Wildman–Crippen MR) is 121 cm³/mol. The third kappa shape index (κ3) is 5.69. The van der Waals surface area contributed by atoms with Gasteiger partial charge in [-0.05, 0) is 44.0 Å². The molecule has 1 heterocycles. The Bertz CT molecular complexity index is 1160. The second-order valence-corrected chi connectivity index (χ2v) is 7.95. The van der Waals surface area contributed by atoms with Crippen LogP contribution in [0.5, 0.6) is 0 Å². The molecule has 3 rings (SSSR count). The molecule has 2 N–H and O–H groups in total. The highest BCUT2D eigenvalue weighted by Gasteiger charge is 2.21. The monoisotopic (exact) mass is 435 g/mol. The summed E-state index contributed by atoms with van der Waals surface area (Å²) in [5, 5.41) is 5.47. The number of rotatable bonds is 7. The first-order valence-corrected chi connectivity index (χ1v) is 10.4. The summed E-state index contributed by atoms with van der Waals surface area (Å²) >= 11 is 0. The van der Waals surface area contributed by atoms with Crippen LogP contribution >= 0.6 is 0 Å². The van der Waals surface area contributed by atoms with Crippen molar-refractivity contribution in [2.75, 3.05) is 0 Å². The minimum atomic E-state index is -0.642. The van der Waals surface area contributed by atoms with E-state index < -0.39 is 23.3 Å². The fourth-order valence-corrected chi connectivity index (χ4v) is 3.29. The van der Waals surface area contributed by atoms with Gasteiger partial charge in [0.05, 0.1) is 6.04 Å². The smallest absolute Gasteiger partial charge is 0.257 e. The van der Waals surface area contributed by atoms with Crippen LogP contribution in [0.1, 0.15) is 58.7 Å². The van der Waals surface area contributed by atoms with Gasteiger partial charge >= 0.3 is 0 Å². The van der Waals surface area contributed by atoms with Gasteiger partial charge in [0.25, 0.3) is 11.8 Å². The zero-order chi connectivity index (χ0) is 23.3. The Balaban J connectivity index is 1.95. The summed E-state index contributed by atoms with van der Waals surface area (Å²) in [5.74, 6) is -1.51. The molecule has 2 amide bonds. The van der Waals surface area contributed by atoms with Gasteiger partial charge in [0, 0.05) is 25.0 Å². The van der Waals surface area contributed by atoms with Crippen molar-refractivity contribution in [1.82, 2.24) is 15.2 Å². The van der Waals surface area contributed by atoms with Gasteiger partial charge in [-0.2, -0.15) is 0 Å². The van der Waals surface area contributed by atoms with Crippen LogP contribution in [0.4, 0.5) is 4.39 Å². The van der Waals surface area contributed by atoms with Gasteiger partial charge < -0.3 is 15.2 Å². The minimum absolute atomic E-state index is 0.100. The van der Waals surface area contributed by atoms with Crippen molar-refractivity contribution in [3.05, 3.63) is 105 Å². The Morgan fingerprint density at radius 2 is 1.44 bits per heavy atom. The van der Waals surface area contributed by atoms with Crippen molar-refractivity contribution >= 4 is 11.8 Å². The minimum Gasteiger partial charge on any atom is -0.350 e. The molecule has 166 valence electrons. The van der Waals surface area contributed by atoms with Crippen molar-refractivity contribution in [2.45, 2.75) is 39.4 Å². The highest BCUT2D eigenvalue weighted by molar-refractivity contribution is 5.99. The summed E-state index contributed by atoms with van der Waals surface area (Å²) in [7, 11) is 0. The van der Waals surface area contributed by atoms with Crippen molar-refractivity contribution in [3.63, 3.8) is 0 Å². The van der Waals surface area contributed by atoms with Crippen LogP contribution in [0.2, 0.25) is 0 Å². The summed E-state index contributed by atoms with van der Waals surface area (Å²) in [4.78, 5) is 38.6. The van der Waals surface area contributed by atoms with Gasteiger partial charge in [-0.25, -0.2) is 4.39 Å². The van der Waals surface area contributed by atoms with E-state index in [1.165, 1.54) is 24.5 Å². The van der Waals surface area contributed by atoms with Gasteiger partial charge in [-0.15, -0.1) is 0 Å². The third-order valence-corrected chi connectivity index (χ3v) is 4.91. The fraction of sp³-hybridized carbons (Fsp3) is 0.240. The van der Waals surface area contributed by atoms with Crippen LogP contribution in [0.3, 0.4) is 0 Å². The molecule has 32 heavy (non-hydrogen) atoms. The molecule has 1 atom stereocenters. The zero-order valence-electron chi connectivity index (χ0n) is 18.3. The van der Waals surface area contributed by atoms with Crippen molar-refractivity contribution in [1.29, 1.82) is 0 Å². The summed E-state index contributed by atoms with van der Waals surface area (Å²) in [5.41, 5.74) is 0.773. The first-order valence-electron chi connectivity index (χ1n) is 10.4. The summed E-state index contributed by atoms with van der Waals surface area (Å²) < 4.78 is 14.9. The molecule has 0 aliphatic carbocycles. The van der Waals surface area contributed by atoms with Crippen LogP contribution in [-0.2, 0) is 6.54 Å². The third-order valence-electron chi connectivity index (χ3n) is 4.91. The maximum Gasteiger partial charge on any atom is 0.257 e. The standard InChI is InChI=1S/C25H26FN3O3/c1-16(2)27-24(31)21-14-29(13-18-7-5-4-6-8-18)15-22(23(21)30)25(32)28-17(3)19-9-11-20(26)12-10-19/h4-12,14-17H,13H2,1-3H3,(H,27,31)(H,28,32)/t17-/m1/s1. The van der Waals surface area contributed by atoms with Gasteiger partial charge in [0.15, 0.2) is 0 Å². The average Bonchev–Trinajstić information content (AvgIpc) is 2.75. The number of benzene rings is 2. The molecule has 0 aliphatic rings. The number of pyridine rings is 1. The van der Waals surface area contributed by atoms with Crippen LogP contribution in [-0.4, -0.2) is 22.4 Å². The number of hydrogen-bond donors (Lipinski definition) is 2. The topological polar surface area (TPSA) is 80.2 Å². The molecule has 0 bridgehead atoms. The lowest BCUT2D eigenvalue weighted by molar-refractivity contribution is 0.0937. The van der Waals surface area contributed by atoms with E-state index in [0.29, 0.717) is 12.1 Å². The number of nitrogens with one attached hydrogen (secondary N) is 2. The Hall–Kier alpha value is -3.74. The van der Waals surface area contributed by atoms with E-state index >= 15 is 0 Å². The Morgan fingerprint density at radius 3 is 2.00 bits per heavy atom. The molecular weight excluding hydrogens is 409 g/mol. The molecule has 0 fully saturated rings. The number of nitrogens with zero attached hydrogens (tertiary/aromatic N) is 1. The molecule has 0 aliphatic heterocycles. The van der Waals surface area contributed by atoms with Gasteiger partial charge in [0.1, 0.15) is 16.9 Å². The van der Waals surface area contributed by atoms with E-state index in [9.17, 15) is 18.8 Å². The zero-order valence-corrected chi connectivity index (χ0v) is 18.3. The highest BCUT2D eigenvalue weighted by Crippen LogP contribution is 2.14. The van der Waals surface area contributed by atoms with Gasteiger partial charge in [-0.3, -0.25) is 14.4 Å². The van der Waals surface area contributed by atoms with Crippen LogP contribution in [0.15, 0.2) is 71.8 Å². The van der Waals surface area contributed by atoms with Crippen LogP contribution < -0.4 is 16.1 Å². The fourth-order valence-electron chi connectivity index (χ4n) is 3.29. The molecule has 0 radical (unpaired) electrons. The Morgan fingerprint density at radius 1 is 0.875 bits per heavy atom. The number of carbonyl (C=O) groups excluding carboxylic acids is 2. The maximum atomic E-state index is 13.2. The second kappa shape index (κ2) is 10.0. The van der Waals surface area contributed by atoms with Crippen LogP contribution in [0.25, 0.3) is 0 Å². The molecule has 0 spiro atoms. The van der Waals surface area contributed by atoms with Crippen molar-refractivity contribution in [2.24, 2.45) is 0 Å². The molecule has 0 unspecified atom stereocenters. The molecule has 6 nitrogen and oxygen atoms in total. The lowest BCUT2D eigenvalue weighted by atomic mass is 10.1. The van der Waals surface area contributed by atoms with Crippen LogP contribution in [0, 0.1) is 5.82 Å². The van der Waals surface area contributed by atoms with E-state index in [1.807, 2.05) is 30.3 Å². The lowest BCUT2D eigenvalue weighted by Gasteiger charge is -2.16. The molecule has 1 aromatic heterocycles. The first kappa shape index (κ1) is 22.9. The predicted octanol–water partition coefficient (Wildman–Crippen LogP) is 3.66. The van der Waals surface area contributed by atoms with E-state index in [0.717, 1.165) is 5.56 Å². The molecule has 3 aromatic rings. The number of carbonyl (C=O) groups is 2. The molecule has 7 heteroatoms. The van der Waals surface area contributed by atoms with E-state index in [4.69, 9.17) is 0 Å². The molecular formula is C25H26FN3O3. The molecule has 0 saturated carbocycles. The number of amides is 2. The quantitative estimate of drug-likeness (QED) is 0.594. The lowest BCUT2D eigenvalue weighted by Crippen LogP contribution is -2.38. The number of halogens is 1. The summed E-state index contributed by atoms with van der Waals surface area (Å²) in [6.07, 6.45) is 2.92. The van der Waals surface area contributed by atoms with Gasteiger partial charge in [0.2, 0.25) is 5.43 Å². The average molecular weight is 435 g/mol. The SMILES string of the molecule is CC(C)NC(=O)c1cn(Cc2ccccc2)cc(C(=O)N[C@H](C)c2ccc(F)cc2)c1=O. The summed E-state index contributed by atoms with van der Waals surface area (Å²) in [6.45, 7) is 5.71. The van der Waals surface area contributed by atoms with E-state index in [-0.39, 0.29) is 23.0 Å². The largest absolute Gasteiger partial charge is 0.350 e. The first-order chi connectivity index (χ1) is 15.2. The van der Waals surface area contributed by atoms with Crippen molar-refractivity contribution < 1.29 is 14.0 Å². The molecule has 2 aromatic carbocycles. The highest BCUT2D eigenvalue weighted by atomic mass is 19.1. The second-order valence-electron chi connectivity index (χ2n) is 7.95. The van der Waals surface area contributed by atoms with Crippen molar-refractivity contribution in [3.8, 4) is 0 Å². The molecule has 0 saturated heterocycles.